The highest BCUT2D eigenvalue weighted by molar-refractivity contribution is 5.94. The van der Waals surface area contributed by atoms with Gasteiger partial charge < -0.3 is 14.6 Å². The molecule has 23 heavy (non-hydrogen) atoms. The minimum atomic E-state index is -1.28. The Morgan fingerprint density at radius 2 is 1.78 bits per heavy atom. The predicted octanol–water partition coefficient (Wildman–Crippen LogP) is 0.888. The van der Waals surface area contributed by atoms with Gasteiger partial charge in [0.15, 0.2) is 0 Å². The first-order chi connectivity index (χ1) is 11.0. The summed E-state index contributed by atoms with van der Waals surface area (Å²) < 4.78 is 4.96. The van der Waals surface area contributed by atoms with Crippen LogP contribution in [0.2, 0.25) is 0 Å². The van der Waals surface area contributed by atoms with Crippen molar-refractivity contribution in [3.05, 3.63) is 65.2 Å². The number of hydrogen-bond donors (Lipinski definition) is 1. The molecule has 0 spiro atoms. The average molecular weight is 311 g/mol. The number of ether oxygens (including phenoxy) is 1. The molecule has 0 fully saturated rings. The number of aryl methyl sites for hydroxylation is 1. The number of nitrogens with zero attached hydrogens (tertiary/aromatic N) is 1. The van der Waals surface area contributed by atoms with Crippen LogP contribution in [0.4, 0.5) is 0 Å². The number of carbonyl (C=O) groups excluding carboxylic acids is 2. The molecule has 0 aliphatic heterocycles. The zero-order valence-electron chi connectivity index (χ0n) is 12.5. The number of benzene rings is 2. The van der Waals surface area contributed by atoms with Crippen molar-refractivity contribution >= 4 is 18.1 Å². The molecular formula is C17H15N2O4-. The van der Waals surface area contributed by atoms with Gasteiger partial charge in [-0.1, -0.05) is 17.7 Å². The summed E-state index contributed by atoms with van der Waals surface area (Å²) in [6.45, 7) is 1.44. The summed E-state index contributed by atoms with van der Waals surface area (Å²) in [5.74, 6) is -1.17. The quantitative estimate of drug-likeness (QED) is 0.633. The summed E-state index contributed by atoms with van der Waals surface area (Å²) in [7, 11) is 0. The molecule has 2 rings (SSSR count). The molecule has 0 unspecified atom stereocenters. The lowest BCUT2D eigenvalue weighted by Crippen LogP contribution is -2.28. The van der Waals surface area contributed by atoms with Crippen LogP contribution in [-0.2, 0) is 4.79 Å². The molecule has 0 saturated heterocycles. The Kier molecular flexibility index (Phi) is 5.46. The summed E-state index contributed by atoms with van der Waals surface area (Å²) in [6.07, 6.45) is 1.48. The third-order valence-corrected chi connectivity index (χ3v) is 2.93. The van der Waals surface area contributed by atoms with Gasteiger partial charge in [-0.3, -0.25) is 4.79 Å². The molecule has 0 radical (unpaired) electrons. The van der Waals surface area contributed by atoms with Gasteiger partial charge in [-0.15, -0.1) is 0 Å². The van der Waals surface area contributed by atoms with E-state index < -0.39 is 12.6 Å². The average Bonchev–Trinajstić information content (AvgIpc) is 2.54. The first kappa shape index (κ1) is 16.2. The van der Waals surface area contributed by atoms with E-state index in [2.05, 4.69) is 10.5 Å². The van der Waals surface area contributed by atoms with Crippen molar-refractivity contribution in [2.75, 3.05) is 6.61 Å². The van der Waals surface area contributed by atoms with Crippen molar-refractivity contribution in [2.24, 2.45) is 5.10 Å². The van der Waals surface area contributed by atoms with Crippen molar-refractivity contribution in [1.82, 2.24) is 5.43 Å². The largest absolute Gasteiger partial charge is 0.546 e. The van der Waals surface area contributed by atoms with Crippen LogP contribution in [0, 0.1) is 6.92 Å². The molecule has 0 heterocycles. The van der Waals surface area contributed by atoms with E-state index >= 15 is 0 Å². The van der Waals surface area contributed by atoms with Crippen LogP contribution in [-0.4, -0.2) is 24.7 Å². The van der Waals surface area contributed by atoms with Gasteiger partial charge in [-0.25, -0.2) is 5.43 Å². The van der Waals surface area contributed by atoms with E-state index in [0.29, 0.717) is 11.3 Å². The van der Waals surface area contributed by atoms with Crippen LogP contribution >= 0.6 is 0 Å². The summed E-state index contributed by atoms with van der Waals surface area (Å²) in [5, 5.41) is 14.2. The maximum absolute atomic E-state index is 11.8. The molecule has 2 aromatic carbocycles. The Bertz CT molecular complexity index is 706. The second-order valence-corrected chi connectivity index (χ2v) is 4.79. The summed E-state index contributed by atoms with van der Waals surface area (Å²) in [6, 6.07) is 13.7. The van der Waals surface area contributed by atoms with Gasteiger partial charge in [0.25, 0.3) is 5.91 Å². The van der Waals surface area contributed by atoms with E-state index in [1.165, 1.54) is 6.21 Å². The van der Waals surface area contributed by atoms with E-state index in [9.17, 15) is 14.7 Å². The Hall–Kier alpha value is -3.15. The molecule has 0 bridgehead atoms. The molecule has 6 nitrogen and oxygen atoms in total. The van der Waals surface area contributed by atoms with Crippen LogP contribution in [0.5, 0.6) is 5.75 Å². The maximum Gasteiger partial charge on any atom is 0.271 e. The number of aliphatic carboxylic acids is 1. The Labute approximate surface area is 133 Å². The topological polar surface area (TPSA) is 90.8 Å². The number of rotatable bonds is 6. The van der Waals surface area contributed by atoms with Gasteiger partial charge in [-0.2, -0.15) is 5.10 Å². The molecule has 2 aromatic rings. The van der Waals surface area contributed by atoms with Crippen LogP contribution < -0.4 is 15.3 Å². The van der Waals surface area contributed by atoms with E-state index in [1.807, 2.05) is 19.1 Å². The molecule has 0 aromatic heterocycles. The fourth-order valence-electron chi connectivity index (χ4n) is 1.73. The minimum absolute atomic E-state index is 0.296. The number of hydrogen-bond acceptors (Lipinski definition) is 5. The lowest BCUT2D eigenvalue weighted by Gasteiger charge is -2.06. The summed E-state index contributed by atoms with van der Waals surface area (Å²) in [5.41, 5.74) is 4.77. The first-order valence-corrected chi connectivity index (χ1v) is 6.87. The van der Waals surface area contributed by atoms with Crippen molar-refractivity contribution < 1.29 is 19.4 Å². The number of nitrogens with one attached hydrogen (secondary N) is 1. The van der Waals surface area contributed by atoms with E-state index in [4.69, 9.17) is 4.74 Å². The fraction of sp³-hybridized carbons (Fsp3) is 0.118. The molecular weight excluding hydrogens is 296 g/mol. The third-order valence-electron chi connectivity index (χ3n) is 2.93. The molecule has 1 amide bonds. The summed E-state index contributed by atoms with van der Waals surface area (Å²) >= 11 is 0. The van der Waals surface area contributed by atoms with Gasteiger partial charge in [0.1, 0.15) is 12.4 Å². The van der Waals surface area contributed by atoms with Crippen molar-refractivity contribution in [2.45, 2.75) is 6.92 Å². The van der Waals surface area contributed by atoms with Gasteiger partial charge in [-0.05, 0) is 48.9 Å². The summed E-state index contributed by atoms with van der Waals surface area (Å²) in [4.78, 5) is 22.1. The smallest absolute Gasteiger partial charge is 0.271 e. The van der Waals surface area contributed by atoms with Crippen molar-refractivity contribution in [3.63, 3.8) is 0 Å². The molecule has 0 aliphatic carbocycles. The number of carboxylic acid groups (broad SMARTS) is 1. The molecule has 118 valence electrons. The number of amides is 1. The molecule has 0 aliphatic rings. The SMILES string of the molecule is Cc1ccc(C(=O)N/N=C\c2ccc(OCC(=O)[O-])cc2)cc1. The number of carbonyl (C=O) groups is 2. The monoisotopic (exact) mass is 311 g/mol. The van der Waals surface area contributed by atoms with Crippen LogP contribution in [0.1, 0.15) is 21.5 Å². The number of hydrazone groups is 1. The Morgan fingerprint density at radius 1 is 1.13 bits per heavy atom. The van der Waals surface area contributed by atoms with Crippen molar-refractivity contribution in [1.29, 1.82) is 0 Å². The van der Waals surface area contributed by atoms with Crippen LogP contribution in [0.3, 0.4) is 0 Å². The Balaban J connectivity index is 1.88. The molecule has 6 heteroatoms. The highest BCUT2D eigenvalue weighted by Gasteiger charge is 2.02. The highest BCUT2D eigenvalue weighted by atomic mass is 16.5. The van der Waals surface area contributed by atoms with E-state index in [1.54, 1.807) is 36.4 Å². The minimum Gasteiger partial charge on any atom is -0.546 e. The second-order valence-electron chi connectivity index (χ2n) is 4.79. The first-order valence-electron chi connectivity index (χ1n) is 6.87. The standard InChI is InChI=1S/C17H16N2O4/c1-12-2-6-14(7-3-12)17(22)19-18-10-13-4-8-15(9-5-13)23-11-16(20)21/h2-10H,11H2,1H3,(H,19,22)(H,20,21)/p-1/b18-10-. The molecule has 0 atom stereocenters. The van der Waals surface area contributed by atoms with Crippen LogP contribution in [0.25, 0.3) is 0 Å². The van der Waals surface area contributed by atoms with Gasteiger partial charge >= 0.3 is 0 Å². The lowest BCUT2D eigenvalue weighted by atomic mass is 10.1. The predicted molar refractivity (Wildman–Crippen MR) is 83.2 cm³/mol. The van der Waals surface area contributed by atoms with E-state index in [0.717, 1.165) is 11.1 Å². The van der Waals surface area contributed by atoms with Gasteiger partial charge in [0.05, 0.1) is 12.2 Å². The fourth-order valence-corrected chi connectivity index (χ4v) is 1.73. The third kappa shape index (κ3) is 5.28. The van der Waals surface area contributed by atoms with Gasteiger partial charge in [0, 0.05) is 5.56 Å². The normalized spacial score (nSPS) is 10.5. The highest BCUT2D eigenvalue weighted by Crippen LogP contribution is 2.10. The Morgan fingerprint density at radius 3 is 2.39 bits per heavy atom. The van der Waals surface area contributed by atoms with Crippen molar-refractivity contribution in [3.8, 4) is 5.75 Å². The lowest BCUT2D eigenvalue weighted by molar-refractivity contribution is -0.307. The number of carboxylic acids is 1. The molecule has 1 N–H and O–H groups in total. The van der Waals surface area contributed by atoms with Crippen LogP contribution in [0.15, 0.2) is 53.6 Å². The second kappa shape index (κ2) is 7.74. The zero-order chi connectivity index (χ0) is 16.7. The van der Waals surface area contributed by atoms with E-state index in [-0.39, 0.29) is 5.91 Å². The van der Waals surface area contributed by atoms with Gasteiger partial charge in [0.2, 0.25) is 0 Å². The molecule has 0 saturated carbocycles. The maximum atomic E-state index is 11.8. The zero-order valence-corrected chi connectivity index (χ0v) is 12.5.